The van der Waals surface area contributed by atoms with Crippen molar-refractivity contribution in [2.75, 3.05) is 31.0 Å². The molecule has 0 radical (unpaired) electrons. The molecule has 0 unspecified atom stereocenters. The Morgan fingerprint density at radius 3 is 2.51 bits per heavy atom. The van der Waals surface area contributed by atoms with Crippen LogP contribution >= 0.6 is 0 Å². The number of ether oxygens (including phenoxy) is 2. The third kappa shape index (κ3) is 5.57. The normalized spacial score (nSPS) is 16.3. The number of hydrogen-bond acceptors (Lipinski definition) is 7. The van der Waals surface area contributed by atoms with E-state index in [1.54, 1.807) is 31.3 Å². The minimum atomic E-state index is -0.735. The van der Waals surface area contributed by atoms with Gasteiger partial charge in [0.05, 0.1) is 67.4 Å². The van der Waals surface area contributed by atoms with E-state index < -0.39 is 11.6 Å². The van der Waals surface area contributed by atoms with Gasteiger partial charge in [-0.05, 0) is 68.7 Å². The minimum Gasteiger partial charge on any atom is -0.497 e. The topological polar surface area (TPSA) is 79.8 Å². The van der Waals surface area contributed by atoms with Crippen LogP contribution in [0.15, 0.2) is 60.8 Å². The number of methoxy groups -OCH3 is 2. The molecule has 43 heavy (non-hydrogen) atoms. The van der Waals surface area contributed by atoms with Gasteiger partial charge in [-0.2, -0.15) is 0 Å². The number of rotatable bonds is 8. The largest absolute Gasteiger partial charge is 0.497 e. The Hall–Kier alpha value is -4.73. The van der Waals surface area contributed by atoms with E-state index in [-0.39, 0.29) is 30.3 Å². The molecule has 8 nitrogen and oxygen atoms in total. The van der Waals surface area contributed by atoms with Crippen LogP contribution in [0, 0.1) is 11.6 Å². The zero-order chi connectivity index (χ0) is 30.1. The number of fused-ring (bicyclic) bond motifs is 1. The average Bonchev–Trinajstić information content (AvgIpc) is 3.32. The summed E-state index contributed by atoms with van der Waals surface area (Å²) in [4.78, 5) is 27.0. The van der Waals surface area contributed by atoms with Crippen molar-refractivity contribution in [2.24, 2.45) is 0 Å². The second-order valence-corrected chi connectivity index (χ2v) is 10.9. The van der Waals surface area contributed by atoms with E-state index in [1.165, 1.54) is 30.7 Å². The highest BCUT2D eigenvalue weighted by Gasteiger charge is 2.34. The minimum absolute atomic E-state index is 0.0901. The summed E-state index contributed by atoms with van der Waals surface area (Å²) in [6.45, 7) is 3.59. The molecule has 2 aliphatic heterocycles. The van der Waals surface area contributed by atoms with E-state index in [0.29, 0.717) is 40.3 Å². The van der Waals surface area contributed by atoms with Gasteiger partial charge >= 0.3 is 0 Å². The average molecular weight is 586 g/mol. The number of hydrogen-bond donors (Lipinski definition) is 1. The van der Waals surface area contributed by atoms with E-state index in [0.717, 1.165) is 30.6 Å². The van der Waals surface area contributed by atoms with Gasteiger partial charge in [0.25, 0.3) is 5.91 Å². The molecular formula is C33H33F2N5O3. The van der Waals surface area contributed by atoms with Crippen molar-refractivity contribution in [3.8, 4) is 22.8 Å². The Balaban J connectivity index is 1.35. The first-order valence-electron chi connectivity index (χ1n) is 14.3. The lowest BCUT2D eigenvalue weighted by atomic mass is 10.0. The molecular weight excluding hydrogens is 552 g/mol. The van der Waals surface area contributed by atoms with Crippen molar-refractivity contribution in [1.29, 1.82) is 0 Å². The van der Waals surface area contributed by atoms with Gasteiger partial charge in [0.15, 0.2) is 0 Å². The molecule has 1 N–H and O–H groups in total. The lowest BCUT2D eigenvalue weighted by Gasteiger charge is -2.35. The van der Waals surface area contributed by atoms with E-state index in [9.17, 15) is 13.6 Å². The Morgan fingerprint density at radius 1 is 1.00 bits per heavy atom. The highest BCUT2D eigenvalue weighted by atomic mass is 19.1. The molecule has 0 aliphatic carbocycles. The lowest BCUT2D eigenvalue weighted by Crippen LogP contribution is -2.37. The first-order valence-corrected chi connectivity index (χ1v) is 14.3. The molecule has 2 aliphatic rings. The maximum Gasteiger partial charge on any atom is 0.258 e. The van der Waals surface area contributed by atoms with Gasteiger partial charge in [0.2, 0.25) is 0 Å². The standard InChI is InChI=1S/C33H33F2N5O3/c1-20-7-4-5-14-40(20)22-11-13-30(36-17-22)38-27-16-26(31-24(34)8-6-9-25(31)35)37-28-19-39(33(41)32(27)28)18-21-10-12-23(42-2)15-29(21)43-3/h6,8-13,15-17,20H,4-5,7,14,18-19H2,1-3H3,(H,36,37,38)/t20-/m1/s1. The number of carbonyl (C=O) groups is 1. The number of anilines is 3. The van der Waals surface area contributed by atoms with Crippen LogP contribution in [0.3, 0.4) is 0 Å². The van der Waals surface area contributed by atoms with Crippen LogP contribution in [0.5, 0.6) is 11.5 Å². The molecule has 0 bridgehead atoms. The molecule has 6 rings (SSSR count). The van der Waals surface area contributed by atoms with Crippen LogP contribution in [-0.4, -0.2) is 47.6 Å². The summed E-state index contributed by atoms with van der Waals surface area (Å²) >= 11 is 0. The van der Waals surface area contributed by atoms with Crippen LogP contribution < -0.4 is 19.7 Å². The molecule has 2 aromatic carbocycles. The van der Waals surface area contributed by atoms with Gasteiger partial charge in [-0.1, -0.05) is 6.07 Å². The molecule has 1 saturated heterocycles. The number of nitrogens with zero attached hydrogens (tertiary/aromatic N) is 4. The highest BCUT2D eigenvalue weighted by Crippen LogP contribution is 2.37. The van der Waals surface area contributed by atoms with Crippen molar-refractivity contribution in [3.05, 3.63) is 89.2 Å². The first kappa shape index (κ1) is 28.4. The second-order valence-electron chi connectivity index (χ2n) is 10.9. The van der Waals surface area contributed by atoms with Gasteiger partial charge in [-0.25, -0.2) is 18.7 Å². The molecule has 2 aromatic heterocycles. The maximum atomic E-state index is 14.9. The number of nitrogens with one attached hydrogen (secondary N) is 1. The Morgan fingerprint density at radius 2 is 1.81 bits per heavy atom. The summed E-state index contributed by atoms with van der Waals surface area (Å²) in [7, 11) is 3.13. The number of carbonyl (C=O) groups excluding carboxylic acids is 1. The zero-order valence-electron chi connectivity index (χ0n) is 24.4. The summed E-state index contributed by atoms with van der Waals surface area (Å²) in [5, 5.41) is 3.24. The van der Waals surface area contributed by atoms with Crippen molar-refractivity contribution in [1.82, 2.24) is 14.9 Å². The van der Waals surface area contributed by atoms with Crippen LogP contribution in [0.2, 0.25) is 0 Å². The van der Waals surface area contributed by atoms with Crippen LogP contribution in [0.4, 0.5) is 26.0 Å². The molecule has 10 heteroatoms. The summed E-state index contributed by atoms with van der Waals surface area (Å²) in [6, 6.07) is 14.9. The third-order valence-corrected chi connectivity index (χ3v) is 8.16. The fourth-order valence-electron chi connectivity index (χ4n) is 5.90. The Labute approximate surface area is 249 Å². The quantitative estimate of drug-likeness (QED) is 0.246. The van der Waals surface area contributed by atoms with Crippen molar-refractivity contribution < 1.29 is 23.0 Å². The summed E-state index contributed by atoms with van der Waals surface area (Å²) in [5.74, 6) is -0.0150. The third-order valence-electron chi connectivity index (χ3n) is 8.16. The van der Waals surface area contributed by atoms with Crippen LogP contribution in [-0.2, 0) is 13.1 Å². The molecule has 1 fully saturated rings. The van der Waals surface area contributed by atoms with E-state index in [1.807, 2.05) is 24.4 Å². The lowest BCUT2D eigenvalue weighted by molar-refractivity contribution is 0.0766. The number of benzene rings is 2. The summed E-state index contributed by atoms with van der Waals surface area (Å²) in [5.41, 5.74) is 2.78. The Bertz CT molecular complexity index is 1640. The highest BCUT2D eigenvalue weighted by molar-refractivity contribution is 6.04. The molecule has 1 amide bonds. The van der Waals surface area contributed by atoms with Crippen LogP contribution in [0.1, 0.15) is 47.8 Å². The fraction of sp³-hybridized carbons (Fsp3) is 0.303. The molecule has 222 valence electrons. The fourth-order valence-corrected chi connectivity index (χ4v) is 5.90. The molecule has 4 heterocycles. The Kier molecular flexibility index (Phi) is 7.84. The number of amides is 1. The first-order chi connectivity index (χ1) is 20.9. The molecule has 0 spiro atoms. The molecule has 4 aromatic rings. The van der Waals surface area contributed by atoms with Gasteiger partial charge in [0, 0.05) is 24.2 Å². The number of pyridine rings is 2. The smallest absolute Gasteiger partial charge is 0.258 e. The predicted octanol–water partition coefficient (Wildman–Crippen LogP) is 6.72. The number of halogens is 2. The van der Waals surface area contributed by atoms with Gasteiger partial charge in [-0.15, -0.1) is 0 Å². The number of aromatic nitrogens is 2. The van der Waals surface area contributed by atoms with Gasteiger partial charge in [0.1, 0.15) is 29.0 Å². The van der Waals surface area contributed by atoms with Crippen LogP contribution in [0.25, 0.3) is 11.3 Å². The van der Waals surface area contributed by atoms with Gasteiger partial charge in [-0.3, -0.25) is 4.79 Å². The van der Waals surface area contributed by atoms with Crippen molar-refractivity contribution >= 4 is 23.1 Å². The van der Waals surface area contributed by atoms with Gasteiger partial charge < -0.3 is 24.6 Å². The molecule has 0 saturated carbocycles. The second kappa shape index (κ2) is 11.9. The predicted molar refractivity (Wildman–Crippen MR) is 161 cm³/mol. The monoisotopic (exact) mass is 585 g/mol. The summed E-state index contributed by atoms with van der Waals surface area (Å²) in [6.07, 6.45) is 5.32. The van der Waals surface area contributed by atoms with Crippen molar-refractivity contribution in [2.45, 2.75) is 45.3 Å². The number of piperidine rings is 1. The van der Waals surface area contributed by atoms with E-state index in [4.69, 9.17) is 9.47 Å². The summed E-state index contributed by atoms with van der Waals surface area (Å²) < 4.78 is 40.6. The maximum absolute atomic E-state index is 14.9. The van der Waals surface area contributed by atoms with E-state index >= 15 is 0 Å². The SMILES string of the molecule is COc1ccc(CN2Cc3nc(-c4c(F)cccc4F)cc(Nc4ccc(N5CCCC[C@H]5C)cn4)c3C2=O)c(OC)c1. The molecule has 1 atom stereocenters. The van der Waals surface area contributed by atoms with Crippen molar-refractivity contribution in [3.63, 3.8) is 0 Å². The van der Waals surface area contributed by atoms with E-state index in [2.05, 4.69) is 27.1 Å². The zero-order valence-corrected chi connectivity index (χ0v) is 24.4.